The number of halogens is 2. The second-order valence-electron chi connectivity index (χ2n) is 8.62. The second-order valence-corrected chi connectivity index (χ2v) is 9.03. The molecule has 1 fully saturated rings. The Morgan fingerprint density at radius 1 is 1.16 bits per heavy atom. The Kier molecular flexibility index (Phi) is 7.41. The van der Waals surface area contributed by atoms with Crippen LogP contribution in [-0.4, -0.2) is 37.2 Å². The lowest BCUT2D eigenvalue weighted by molar-refractivity contribution is -0.201. The minimum absolute atomic E-state index is 0.108. The van der Waals surface area contributed by atoms with Crippen LogP contribution >= 0.6 is 11.6 Å². The third-order valence-electron chi connectivity index (χ3n) is 5.26. The van der Waals surface area contributed by atoms with Crippen molar-refractivity contribution in [2.24, 2.45) is 11.1 Å². The first kappa shape index (κ1) is 23.3. The third kappa shape index (κ3) is 5.67. The van der Waals surface area contributed by atoms with E-state index in [9.17, 15) is 9.18 Å². The number of nitrogens with zero attached hydrogens (tertiary/aromatic N) is 2. The minimum atomic E-state index is -0.535. The van der Waals surface area contributed by atoms with E-state index in [4.69, 9.17) is 22.2 Å². The fourth-order valence-corrected chi connectivity index (χ4v) is 3.60. The van der Waals surface area contributed by atoms with Gasteiger partial charge in [-0.25, -0.2) is 9.18 Å². The van der Waals surface area contributed by atoms with Crippen LogP contribution in [0, 0.1) is 11.2 Å². The highest BCUT2D eigenvalue weighted by molar-refractivity contribution is 6.30. The van der Waals surface area contributed by atoms with E-state index in [1.165, 1.54) is 6.07 Å². The van der Waals surface area contributed by atoms with Crippen LogP contribution in [0.2, 0.25) is 5.02 Å². The molecule has 0 amide bonds. The average molecular weight is 449 g/mol. The first-order valence-corrected chi connectivity index (χ1v) is 10.8. The number of hydrogen-bond donors (Lipinski definition) is 2. The van der Waals surface area contributed by atoms with Crippen molar-refractivity contribution >= 4 is 28.9 Å². The van der Waals surface area contributed by atoms with Crippen LogP contribution < -0.4 is 16.0 Å². The Morgan fingerprint density at radius 3 is 2.48 bits per heavy atom. The molecule has 1 aliphatic heterocycles. The van der Waals surface area contributed by atoms with Crippen LogP contribution in [0.4, 0.5) is 15.8 Å². The van der Waals surface area contributed by atoms with Gasteiger partial charge in [-0.1, -0.05) is 29.8 Å². The van der Waals surface area contributed by atoms with E-state index in [-0.39, 0.29) is 11.0 Å². The average Bonchev–Trinajstić information content (AvgIpc) is 2.74. The summed E-state index contributed by atoms with van der Waals surface area (Å²) in [7, 11) is 0. The fraction of sp³-hybridized carbons (Fsp3) is 0.435. The summed E-state index contributed by atoms with van der Waals surface area (Å²) >= 11 is 5.88. The maximum Gasteiger partial charge on any atom is 0.330 e. The zero-order valence-corrected chi connectivity index (χ0v) is 19.0. The number of anilines is 2. The van der Waals surface area contributed by atoms with E-state index in [2.05, 4.69) is 10.2 Å². The van der Waals surface area contributed by atoms with Gasteiger partial charge in [0, 0.05) is 48.7 Å². The van der Waals surface area contributed by atoms with Crippen molar-refractivity contribution in [2.45, 2.75) is 33.9 Å². The van der Waals surface area contributed by atoms with Crippen molar-refractivity contribution in [1.29, 1.82) is 0 Å². The summed E-state index contributed by atoms with van der Waals surface area (Å²) in [6.45, 7) is 8.80. The number of hydroxylamine groups is 2. The van der Waals surface area contributed by atoms with Crippen molar-refractivity contribution in [3.05, 3.63) is 58.4 Å². The first-order chi connectivity index (χ1) is 14.7. The van der Waals surface area contributed by atoms with Gasteiger partial charge >= 0.3 is 5.97 Å². The molecule has 0 spiro atoms. The quantitative estimate of drug-likeness (QED) is 0.691. The molecule has 3 N–H and O–H groups in total. The molecule has 0 aromatic heterocycles. The molecule has 0 aliphatic carbocycles. The van der Waals surface area contributed by atoms with E-state index in [1.54, 1.807) is 17.2 Å². The van der Waals surface area contributed by atoms with E-state index in [0.29, 0.717) is 44.8 Å². The highest BCUT2D eigenvalue weighted by Crippen LogP contribution is 2.29. The SMILES string of the molecule is CC(C)(C)C(=O)ON1CCN(c2cccc(NCc3cccc(Cl)c3F)c2CN)CC1. The minimum Gasteiger partial charge on any atom is -0.381 e. The Morgan fingerprint density at radius 2 is 1.84 bits per heavy atom. The molecule has 31 heavy (non-hydrogen) atoms. The predicted octanol–water partition coefficient (Wildman–Crippen LogP) is 4.18. The summed E-state index contributed by atoms with van der Waals surface area (Å²) in [6.07, 6.45) is 0. The number of hydrogen-bond acceptors (Lipinski definition) is 6. The molecule has 0 bridgehead atoms. The molecule has 0 radical (unpaired) electrons. The van der Waals surface area contributed by atoms with Gasteiger partial charge < -0.3 is 20.8 Å². The smallest absolute Gasteiger partial charge is 0.330 e. The van der Waals surface area contributed by atoms with E-state index in [1.807, 2.05) is 39.0 Å². The van der Waals surface area contributed by atoms with Gasteiger partial charge in [0.05, 0.1) is 23.5 Å². The molecule has 6 nitrogen and oxygen atoms in total. The monoisotopic (exact) mass is 448 g/mol. The number of nitrogens with two attached hydrogens (primary N) is 1. The van der Waals surface area contributed by atoms with Gasteiger partial charge in [-0.15, -0.1) is 5.06 Å². The highest BCUT2D eigenvalue weighted by atomic mass is 35.5. The summed E-state index contributed by atoms with van der Waals surface area (Å²) in [6, 6.07) is 10.9. The largest absolute Gasteiger partial charge is 0.381 e. The van der Waals surface area contributed by atoms with Gasteiger partial charge in [0.15, 0.2) is 0 Å². The normalized spacial score (nSPS) is 15.1. The maximum atomic E-state index is 14.2. The zero-order chi connectivity index (χ0) is 22.6. The van der Waals surface area contributed by atoms with Gasteiger partial charge in [0.25, 0.3) is 0 Å². The van der Waals surface area contributed by atoms with Gasteiger partial charge in [0.1, 0.15) is 5.82 Å². The molecular formula is C23H30ClFN4O2. The number of carbonyl (C=O) groups excluding carboxylic acids is 1. The summed E-state index contributed by atoms with van der Waals surface area (Å²) in [5, 5.41) is 5.12. The van der Waals surface area contributed by atoms with Crippen LogP contribution in [0.1, 0.15) is 31.9 Å². The van der Waals surface area contributed by atoms with Gasteiger partial charge in [-0.2, -0.15) is 0 Å². The molecule has 0 unspecified atom stereocenters. The predicted molar refractivity (Wildman–Crippen MR) is 122 cm³/mol. The second kappa shape index (κ2) is 9.85. The van der Waals surface area contributed by atoms with Crippen molar-refractivity contribution < 1.29 is 14.0 Å². The Hall–Kier alpha value is -2.35. The topological polar surface area (TPSA) is 70.8 Å². The molecule has 1 aliphatic rings. The standard InChI is InChI=1S/C23H30ClFN4O2/c1-23(2,3)22(30)31-29-12-10-28(11-13-29)20-9-5-8-19(17(20)14-26)27-15-16-6-4-7-18(24)21(16)25/h4-9,27H,10-15,26H2,1-3H3. The summed E-state index contributed by atoms with van der Waals surface area (Å²) < 4.78 is 14.2. The molecule has 8 heteroatoms. The van der Waals surface area contributed by atoms with Crippen LogP contribution in [-0.2, 0) is 22.7 Å². The molecule has 0 atom stereocenters. The number of carbonyl (C=O) groups is 1. The maximum absolute atomic E-state index is 14.2. The van der Waals surface area contributed by atoms with Gasteiger partial charge in [-0.3, -0.25) is 0 Å². The summed E-state index contributed by atoms with van der Waals surface area (Å²) in [4.78, 5) is 19.9. The van der Waals surface area contributed by atoms with Crippen LogP contribution in [0.25, 0.3) is 0 Å². The van der Waals surface area contributed by atoms with Crippen molar-refractivity contribution in [1.82, 2.24) is 5.06 Å². The first-order valence-electron chi connectivity index (χ1n) is 10.4. The lowest BCUT2D eigenvalue weighted by Gasteiger charge is -2.37. The Labute approximate surface area is 188 Å². The highest BCUT2D eigenvalue weighted by Gasteiger charge is 2.28. The number of benzene rings is 2. The van der Waals surface area contributed by atoms with Crippen molar-refractivity contribution in [2.75, 3.05) is 36.4 Å². The number of rotatable bonds is 6. The molecule has 0 saturated carbocycles. The van der Waals surface area contributed by atoms with E-state index < -0.39 is 11.2 Å². The molecular weight excluding hydrogens is 419 g/mol. The third-order valence-corrected chi connectivity index (χ3v) is 5.55. The summed E-state index contributed by atoms with van der Waals surface area (Å²) in [5.41, 5.74) is 8.89. The number of nitrogens with one attached hydrogen (secondary N) is 1. The molecule has 2 aromatic rings. The van der Waals surface area contributed by atoms with Crippen LogP contribution in [0.5, 0.6) is 0 Å². The lowest BCUT2D eigenvalue weighted by atomic mass is 9.98. The molecule has 1 saturated heterocycles. The molecule has 1 heterocycles. The summed E-state index contributed by atoms with van der Waals surface area (Å²) in [5.74, 6) is -0.647. The van der Waals surface area contributed by atoms with Gasteiger partial charge in [-0.05, 0) is 39.0 Å². The zero-order valence-electron chi connectivity index (χ0n) is 18.3. The molecule has 168 valence electrons. The van der Waals surface area contributed by atoms with Crippen LogP contribution in [0.15, 0.2) is 36.4 Å². The number of piperazine rings is 1. The lowest BCUT2D eigenvalue weighted by Crippen LogP contribution is -2.48. The molecule has 2 aromatic carbocycles. The van der Waals surface area contributed by atoms with Crippen LogP contribution in [0.3, 0.4) is 0 Å². The van der Waals surface area contributed by atoms with E-state index >= 15 is 0 Å². The Balaban J connectivity index is 1.68. The Bertz CT molecular complexity index is 924. The fourth-order valence-electron chi connectivity index (χ4n) is 3.40. The van der Waals surface area contributed by atoms with Crippen molar-refractivity contribution in [3.8, 4) is 0 Å². The van der Waals surface area contributed by atoms with Gasteiger partial charge in [0.2, 0.25) is 0 Å². The van der Waals surface area contributed by atoms with E-state index in [0.717, 1.165) is 16.9 Å². The molecule has 3 rings (SSSR count). The van der Waals surface area contributed by atoms with Crippen molar-refractivity contribution in [3.63, 3.8) is 0 Å².